The number of nitrogens with zero attached hydrogens (tertiary/aromatic N) is 1. The van der Waals surface area contributed by atoms with Crippen molar-refractivity contribution >= 4 is 21.7 Å². The lowest BCUT2D eigenvalue weighted by molar-refractivity contribution is 0.560. The van der Waals surface area contributed by atoms with E-state index in [2.05, 4.69) is 49.4 Å². The summed E-state index contributed by atoms with van der Waals surface area (Å²) in [6, 6.07) is 20.7. The van der Waals surface area contributed by atoms with Crippen LogP contribution < -0.4 is 0 Å². The SMILES string of the molecule is Cc1nc(Cc2cc3ccccc3o2)cc2ccccc12. The van der Waals surface area contributed by atoms with E-state index >= 15 is 0 Å². The van der Waals surface area contributed by atoms with Crippen LogP contribution in [0.15, 0.2) is 65.1 Å². The van der Waals surface area contributed by atoms with Crippen molar-refractivity contribution in [3.05, 3.63) is 77.8 Å². The molecular weight excluding hydrogens is 258 g/mol. The zero-order chi connectivity index (χ0) is 14.2. The molecule has 102 valence electrons. The second-order valence-electron chi connectivity index (χ2n) is 5.35. The smallest absolute Gasteiger partial charge is 0.134 e. The van der Waals surface area contributed by atoms with Gasteiger partial charge in [0, 0.05) is 28.6 Å². The molecule has 0 unspecified atom stereocenters. The maximum Gasteiger partial charge on any atom is 0.134 e. The number of hydrogen-bond donors (Lipinski definition) is 0. The van der Waals surface area contributed by atoms with Gasteiger partial charge in [0.15, 0.2) is 0 Å². The Morgan fingerprint density at radius 2 is 1.67 bits per heavy atom. The van der Waals surface area contributed by atoms with Crippen LogP contribution in [0.1, 0.15) is 17.1 Å². The minimum atomic E-state index is 0.723. The van der Waals surface area contributed by atoms with E-state index in [0.717, 1.165) is 34.5 Å². The van der Waals surface area contributed by atoms with Gasteiger partial charge < -0.3 is 4.42 Å². The number of benzene rings is 2. The molecule has 0 saturated carbocycles. The molecule has 0 bridgehead atoms. The first-order chi connectivity index (χ1) is 10.3. The van der Waals surface area contributed by atoms with Crippen molar-refractivity contribution in [3.63, 3.8) is 0 Å². The lowest BCUT2D eigenvalue weighted by Gasteiger charge is -2.05. The third-order valence-corrected chi connectivity index (χ3v) is 3.82. The van der Waals surface area contributed by atoms with Crippen LogP contribution in [0.2, 0.25) is 0 Å². The Labute approximate surface area is 123 Å². The second-order valence-corrected chi connectivity index (χ2v) is 5.35. The number of para-hydroxylation sites is 1. The Kier molecular flexibility index (Phi) is 2.74. The van der Waals surface area contributed by atoms with Crippen molar-refractivity contribution < 1.29 is 4.42 Å². The van der Waals surface area contributed by atoms with Crippen molar-refractivity contribution in [2.75, 3.05) is 0 Å². The largest absolute Gasteiger partial charge is 0.461 e. The summed E-state index contributed by atoms with van der Waals surface area (Å²) in [5, 5.41) is 3.59. The van der Waals surface area contributed by atoms with Crippen molar-refractivity contribution in [2.45, 2.75) is 13.3 Å². The molecule has 2 heterocycles. The summed E-state index contributed by atoms with van der Waals surface area (Å²) < 4.78 is 5.88. The molecule has 0 atom stereocenters. The molecule has 0 N–H and O–H groups in total. The summed E-state index contributed by atoms with van der Waals surface area (Å²) in [7, 11) is 0. The Balaban J connectivity index is 1.76. The normalized spacial score (nSPS) is 11.3. The molecule has 21 heavy (non-hydrogen) atoms. The maximum absolute atomic E-state index is 5.88. The highest BCUT2D eigenvalue weighted by Crippen LogP contribution is 2.23. The number of aromatic nitrogens is 1. The lowest BCUT2D eigenvalue weighted by atomic mass is 10.1. The van der Waals surface area contributed by atoms with Crippen LogP contribution >= 0.6 is 0 Å². The van der Waals surface area contributed by atoms with E-state index in [-0.39, 0.29) is 0 Å². The Bertz CT molecular complexity index is 904. The number of pyridine rings is 1. The van der Waals surface area contributed by atoms with E-state index in [9.17, 15) is 0 Å². The molecule has 0 radical (unpaired) electrons. The van der Waals surface area contributed by atoms with Crippen molar-refractivity contribution in [1.29, 1.82) is 0 Å². The molecule has 0 aliphatic rings. The van der Waals surface area contributed by atoms with Gasteiger partial charge in [-0.15, -0.1) is 0 Å². The molecular formula is C19H15NO. The summed E-state index contributed by atoms with van der Waals surface area (Å²) in [6.45, 7) is 2.06. The standard InChI is InChI=1S/C19H15NO/c1-13-18-8-4-2-6-14(18)10-16(20-13)12-17-11-15-7-3-5-9-19(15)21-17/h2-11H,12H2,1H3. The average Bonchev–Trinajstić information content (AvgIpc) is 2.89. The number of aryl methyl sites for hydroxylation is 1. The predicted molar refractivity (Wildman–Crippen MR) is 85.5 cm³/mol. The number of hydrogen-bond acceptors (Lipinski definition) is 2. The van der Waals surface area contributed by atoms with Crippen LogP contribution in [0.3, 0.4) is 0 Å². The molecule has 2 aromatic heterocycles. The van der Waals surface area contributed by atoms with Gasteiger partial charge in [-0.2, -0.15) is 0 Å². The molecule has 2 aromatic carbocycles. The van der Waals surface area contributed by atoms with Crippen molar-refractivity contribution in [2.24, 2.45) is 0 Å². The molecule has 0 saturated heterocycles. The maximum atomic E-state index is 5.88. The molecule has 0 fully saturated rings. The van der Waals surface area contributed by atoms with Crippen LogP contribution in [-0.2, 0) is 6.42 Å². The quantitative estimate of drug-likeness (QED) is 0.520. The van der Waals surface area contributed by atoms with Gasteiger partial charge in [0.05, 0.1) is 0 Å². The fraction of sp³-hybridized carbons (Fsp3) is 0.105. The fourth-order valence-electron chi connectivity index (χ4n) is 2.83. The molecule has 0 aliphatic heterocycles. The minimum absolute atomic E-state index is 0.723. The van der Waals surface area contributed by atoms with Gasteiger partial charge >= 0.3 is 0 Å². The van der Waals surface area contributed by atoms with E-state index in [1.165, 1.54) is 10.8 Å². The zero-order valence-corrected chi connectivity index (χ0v) is 11.8. The highest BCUT2D eigenvalue weighted by Gasteiger charge is 2.07. The fourth-order valence-corrected chi connectivity index (χ4v) is 2.83. The highest BCUT2D eigenvalue weighted by atomic mass is 16.3. The molecule has 2 nitrogen and oxygen atoms in total. The van der Waals surface area contributed by atoms with Gasteiger partial charge in [-0.3, -0.25) is 4.98 Å². The molecule has 0 aliphatic carbocycles. The van der Waals surface area contributed by atoms with E-state index in [1.807, 2.05) is 18.2 Å². The summed E-state index contributed by atoms with van der Waals surface area (Å²) >= 11 is 0. The molecule has 0 amide bonds. The Morgan fingerprint density at radius 3 is 2.52 bits per heavy atom. The zero-order valence-electron chi connectivity index (χ0n) is 11.8. The summed E-state index contributed by atoms with van der Waals surface area (Å²) in [5.41, 5.74) is 3.05. The Morgan fingerprint density at radius 1 is 0.905 bits per heavy atom. The molecule has 0 spiro atoms. The van der Waals surface area contributed by atoms with Gasteiger partial charge in [-0.1, -0.05) is 42.5 Å². The Hall–Kier alpha value is -2.61. The van der Waals surface area contributed by atoms with E-state index in [0.29, 0.717) is 0 Å². The average molecular weight is 273 g/mol. The number of furan rings is 1. The first-order valence-corrected chi connectivity index (χ1v) is 7.12. The minimum Gasteiger partial charge on any atom is -0.461 e. The highest BCUT2D eigenvalue weighted by molar-refractivity contribution is 5.84. The van der Waals surface area contributed by atoms with Crippen molar-refractivity contribution in [1.82, 2.24) is 4.98 Å². The van der Waals surface area contributed by atoms with Gasteiger partial charge in [-0.25, -0.2) is 0 Å². The summed E-state index contributed by atoms with van der Waals surface area (Å²) in [5.74, 6) is 0.957. The number of fused-ring (bicyclic) bond motifs is 2. The van der Waals surface area contributed by atoms with Gasteiger partial charge in [0.2, 0.25) is 0 Å². The van der Waals surface area contributed by atoms with Crippen LogP contribution in [0.25, 0.3) is 21.7 Å². The van der Waals surface area contributed by atoms with Crippen LogP contribution in [0.5, 0.6) is 0 Å². The topological polar surface area (TPSA) is 26.0 Å². The van der Waals surface area contributed by atoms with Gasteiger partial charge in [0.1, 0.15) is 11.3 Å². The molecule has 4 rings (SSSR count). The first kappa shape index (κ1) is 12.2. The second kappa shape index (κ2) is 4.74. The van der Waals surface area contributed by atoms with Crippen LogP contribution in [0.4, 0.5) is 0 Å². The molecule has 4 aromatic rings. The molecule has 2 heteroatoms. The first-order valence-electron chi connectivity index (χ1n) is 7.12. The van der Waals surface area contributed by atoms with Crippen LogP contribution in [0, 0.1) is 6.92 Å². The van der Waals surface area contributed by atoms with E-state index in [4.69, 9.17) is 9.40 Å². The third kappa shape index (κ3) is 2.19. The van der Waals surface area contributed by atoms with E-state index in [1.54, 1.807) is 0 Å². The van der Waals surface area contributed by atoms with Crippen molar-refractivity contribution in [3.8, 4) is 0 Å². The van der Waals surface area contributed by atoms with Gasteiger partial charge in [-0.05, 0) is 30.5 Å². The van der Waals surface area contributed by atoms with Crippen LogP contribution in [-0.4, -0.2) is 4.98 Å². The van der Waals surface area contributed by atoms with Gasteiger partial charge in [0.25, 0.3) is 0 Å². The number of rotatable bonds is 2. The summed E-state index contributed by atoms with van der Waals surface area (Å²) in [6.07, 6.45) is 0.723. The predicted octanol–water partition coefficient (Wildman–Crippen LogP) is 4.88. The monoisotopic (exact) mass is 273 g/mol. The lowest BCUT2D eigenvalue weighted by Crippen LogP contribution is -1.94. The third-order valence-electron chi connectivity index (χ3n) is 3.82. The van der Waals surface area contributed by atoms with E-state index < -0.39 is 0 Å². The summed E-state index contributed by atoms with van der Waals surface area (Å²) in [4.78, 5) is 4.71.